The molecule has 27 heavy (non-hydrogen) atoms. The van der Waals surface area contributed by atoms with Crippen LogP contribution >= 0.6 is 11.6 Å². The number of halogens is 1. The van der Waals surface area contributed by atoms with E-state index in [1.807, 2.05) is 54.6 Å². The Hall–Kier alpha value is -2.85. The molecule has 0 spiro atoms. The summed E-state index contributed by atoms with van der Waals surface area (Å²) < 4.78 is 0. The minimum absolute atomic E-state index is 0.0201. The van der Waals surface area contributed by atoms with Crippen molar-refractivity contribution in [1.82, 2.24) is 10.2 Å². The molecule has 0 fully saturated rings. The number of carbonyl (C=O) groups excluding carboxylic acids is 2. The quantitative estimate of drug-likeness (QED) is 0.707. The fourth-order valence-corrected chi connectivity index (χ4v) is 3.07. The third-order valence-electron chi connectivity index (χ3n) is 4.43. The third-order valence-corrected chi connectivity index (χ3v) is 4.68. The first-order valence-corrected chi connectivity index (χ1v) is 9.12. The molecule has 2 amide bonds. The van der Waals surface area contributed by atoms with E-state index in [9.17, 15) is 9.59 Å². The van der Waals surface area contributed by atoms with E-state index in [4.69, 9.17) is 11.6 Å². The van der Waals surface area contributed by atoms with E-state index in [1.54, 1.807) is 24.1 Å². The average Bonchev–Trinajstić information content (AvgIpc) is 2.68. The molecular weight excluding hydrogens is 360 g/mol. The van der Waals surface area contributed by atoms with E-state index in [-0.39, 0.29) is 24.8 Å². The number of amides is 2. The van der Waals surface area contributed by atoms with Crippen LogP contribution in [-0.4, -0.2) is 30.3 Å². The third kappa shape index (κ3) is 5.08. The zero-order valence-corrected chi connectivity index (χ0v) is 15.9. The number of benzene rings is 3. The van der Waals surface area contributed by atoms with Crippen molar-refractivity contribution >= 4 is 34.2 Å². The molecule has 3 aromatic rings. The maximum absolute atomic E-state index is 12.3. The lowest BCUT2D eigenvalue weighted by Crippen LogP contribution is -2.38. The van der Waals surface area contributed by atoms with Crippen LogP contribution < -0.4 is 5.32 Å². The predicted molar refractivity (Wildman–Crippen MR) is 109 cm³/mol. The summed E-state index contributed by atoms with van der Waals surface area (Å²) in [5.41, 5.74) is 1.94. The summed E-state index contributed by atoms with van der Waals surface area (Å²) in [6.45, 7) is 0.447. The van der Waals surface area contributed by atoms with E-state index >= 15 is 0 Å². The molecule has 4 nitrogen and oxygen atoms in total. The highest BCUT2D eigenvalue weighted by Crippen LogP contribution is 2.18. The van der Waals surface area contributed by atoms with Gasteiger partial charge in [0, 0.05) is 18.6 Å². The summed E-state index contributed by atoms with van der Waals surface area (Å²) in [6.07, 6.45) is 0.246. The summed E-state index contributed by atoms with van der Waals surface area (Å²) in [5.74, 6) is -0.309. The first kappa shape index (κ1) is 18.9. The van der Waals surface area contributed by atoms with Crippen LogP contribution in [0.15, 0.2) is 66.7 Å². The maximum atomic E-state index is 12.3. The molecule has 0 bridgehead atoms. The van der Waals surface area contributed by atoms with Gasteiger partial charge in [-0.05, 0) is 34.0 Å². The number of carbonyl (C=O) groups is 2. The molecule has 5 heteroatoms. The lowest BCUT2D eigenvalue weighted by molar-refractivity contribution is -0.132. The van der Waals surface area contributed by atoms with Gasteiger partial charge in [-0.1, -0.05) is 66.2 Å². The molecule has 0 aliphatic carbocycles. The average molecular weight is 381 g/mol. The SMILES string of the molecule is CN(Cc1ccc(Cl)cc1)C(=O)CNC(=O)Cc1cccc2ccccc12. The Bertz CT molecular complexity index is 949. The zero-order chi connectivity index (χ0) is 19.2. The van der Waals surface area contributed by atoms with Crippen LogP contribution in [0.3, 0.4) is 0 Å². The van der Waals surface area contributed by atoms with Crippen molar-refractivity contribution in [3.63, 3.8) is 0 Å². The number of likely N-dealkylation sites (N-methyl/N-ethyl adjacent to an activating group) is 1. The Kier molecular flexibility index (Phi) is 6.09. The minimum Gasteiger partial charge on any atom is -0.347 e. The Morgan fingerprint density at radius 3 is 2.44 bits per heavy atom. The number of hydrogen-bond acceptors (Lipinski definition) is 2. The molecule has 3 rings (SSSR count). The molecule has 3 aromatic carbocycles. The molecule has 0 saturated carbocycles. The van der Waals surface area contributed by atoms with Gasteiger partial charge in [0.05, 0.1) is 13.0 Å². The molecular formula is C22H21ClN2O2. The van der Waals surface area contributed by atoms with Crippen molar-refractivity contribution in [2.75, 3.05) is 13.6 Å². The number of fused-ring (bicyclic) bond motifs is 1. The van der Waals surface area contributed by atoms with E-state index in [2.05, 4.69) is 5.32 Å². The van der Waals surface area contributed by atoms with Crippen molar-refractivity contribution in [3.05, 3.63) is 82.9 Å². The van der Waals surface area contributed by atoms with Crippen molar-refractivity contribution in [2.45, 2.75) is 13.0 Å². The predicted octanol–water partition coefficient (Wildman–Crippen LogP) is 3.81. The second kappa shape index (κ2) is 8.69. The molecule has 0 unspecified atom stereocenters. The van der Waals surface area contributed by atoms with Gasteiger partial charge in [-0.2, -0.15) is 0 Å². The Labute approximate surface area is 163 Å². The summed E-state index contributed by atoms with van der Waals surface area (Å²) in [4.78, 5) is 26.1. The van der Waals surface area contributed by atoms with Gasteiger partial charge in [0.25, 0.3) is 0 Å². The topological polar surface area (TPSA) is 49.4 Å². The van der Waals surface area contributed by atoms with Gasteiger partial charge in [0.2, 0.25) is 11.8 Å². The van der Waals surface area contributed by atoms with Gasteiger partial charge >= 0.3 is 0 Å². The van der Waals surface area contributed by atoms with Crippen molar-refractivity contribution in [3.8, 4) is 0 Å². The normalized spacial score (nSPS) is 10.6. The van der Waals surface area contributed by atoms with Crippen LogP contribution in [0.2, 0.25) is 5.02 Å². The summed E-state index contributed by atoms with van der Waals surface area (Å²) >= 11 is 5.87. The minimum atomic E-state index is -0.167. The van der Waals surface area contributed by atoms with Gasteiger partial charge in [-0.15, -0.1) is 0 Å². The largest absolute Gasteiger partial charge is 0.347 e. The van der Waals surface area contributed by atoms with Crippen LogP contribution in [0.1, 0.15) is 11.1 Å². The van der Waals surface area contributed by atoms with Gasteiger partial charge < -0.3 is 10.2 Å². The molecule has 138 valence electrons. The van der Waals surface area contributed by atoms with Crippen molar-refractivity contribution < 1.29 is 9.59 Å². The van der Waals surface area contributed by atoms with Gasteiger partial charge in [0.1, 0.15) is 0 Å². The highest BCUT2D eigenvalue weighted by molar-refractivity contribution is 6.30. The van der Waals surface area contributed by atoms with Crippen LogP contribution in [0, 0.1) is 0 Å². The summed E-state index contributed by atoms with van der Waals surface area (Å²) in [5, 5.41) is 5.54. The van der Waals surface area contributed by atoms with Gasteiger partial charge in [-0.25, -0.2) is 0 Å². The molecule has 0 heterocycles. The maximum Gasteiger partial charge on any atom is 0.242 e. The Morgan fingerprint density at radius 2 is 1.67 bits per heavy atom. The molecule has 0 saturated heterocycles. The zero-order valence-electron chi connectivity index (χ0n) is 15.1. The highest BCUT2D eigenvalue weighted by atomic mass is 35.5. The number of hydrogen-bond donors (Lipinski definition) is 1. The fourth-order valence-electron chi connectivity index (χ4n) is 2.94. The van der Waals surface area contributed by atoms with E-state index in [0.717, 1.165) is 21.9 Å². The molecule has 0 aliphatic rings. The molecule has 0 radical (unpaired) electrons. The van der Waals surface area contributed by atoms with Crippen molar-refractivity contribution in [1.29, 1.82) is 0 Å². The smallest absolute Gasteiger partial charge is 0.242 e. The summed E-state index contributed by atoms with van der Waals surface area (Å²) in [7, 11) is 1.72. The second-order valence-electron chi connectivity index (χ2n) is 6.47. The van der Waals surface area contributed by atoms with Crippen LogP contribution in [0.5, 0.6) is 0 Å². The molecule has 0 aliphatic heterocycles. The fraction of sp³-hybridized carbons (Fsp3) is 0.182. The Balaban J connectivity index is 1.53. The van der Waals surface area contributed by atoms with Gasteiger partial charge in [-0.3, -0.25) is 9.59 Å². The monoisotopic (exact) mass is 380 g/mol. The molecule has 0 aromatic heterocycles. The van der Waals surface area contributed by atoms with Crippen LogP contribution in [0.25, 0.3) is 10.8 Å². The van der Waals surface area contributed by atoms with E-state index in [0.29, 0.717) is 11.6 Å². The Morgan fingerprint density at radius 1 is 0.963 bits per heavy atom. The second-order valence-corrected chi connectivity index (χ2v) is 6.90. The molecule has 0 atom stereocenters. The van der Waals surface area contributed by atoms with Gasteiger partial charge in [0.15, 0.2) is 0 Å². The number of nitrogens with zero attached hydrogens (tertiary/aromatic N) is 1. The first-order chi connectivity index (χ1) is 13.0. The van der Waals surface area contributed by atoms with Crippen LogP contribution in [0.4, 0.5) is 0 Å². The van der Waals surface area contributed by atoms with E-state index < -0.39 is 0 Å². The lowest BCUT2D eigenvalue weighted by Gasteiger charge is -2.18. The van der Waals surface area contributed by atoms with Crippen LogP contribution in [-0.2, 0) is 22.6 Å². The number of rotatable bonds is 6. The summed E-state index contributed by atoms with van der Waals surface area (Å²) in [6, 6.07) is 21.2. The van der Waals surface area contributed by atoms with Crippen molar-refractivity contribution in [2.24, 2.45) is 0 Å². The molecule has 1 N–H and O–H groups in total. The lowest BCUT2D eigenvalue weighted by atomic mass is 10.0. The highest BCUT2D eigenvalue weighted by Gasteiger charge is 2.12. The standard InChI is InChI=1S/C22H21ClN2O2/c1-25(15-16-9-11-19(23)12-10-16)22(27)14-24-21(26)13-18-7-4-6-17-5-2-3-8-20(17)18/h2-12H,13-15H2,1H3,(H,24,26). The number of nitrogens with one attached hydrogen (secondary N) is 1. The first-order valence-electron chi connectivity index (χ1n) is 8.74. The van der Waals surface area contributed by atoms with E-state index in [1.165, 1.54) is 0 Å².